The molecule has 98 valence electrons. The van der Waals surface area contributed by atoms with Crippen molar-refractivity contribution in [2.75, 3.05) is 11.9 Å². The van der Waals surface area contributed by atoms with Crippen molar-refractivity contribution in [3.8, 4) is 6.07 Å². The summed E-state index contributed by atoms with van der Waals surface area (Å²) in [5, 5.41) is 19.5. The molecule has 0 aliphatic rings. The van der Waals surface area contributed by atoms with Gasteiger partial charge in [0.15, 0.2) is 10.9 Å². The van der Waals surface area contributed by atoms with Crippen molar-refractivity contribution in [3.63, 3.8) is 0 Å². The molecule has 0 radical (unpaired) electrons. The summed E-state index contributed by atoms with van der Waals surface area (Å²) in [4.78, 5) is 0. The van der Waals surface area contributed by atoms with Crippen LogP contribution in [0.25, 0.3) is 0 Å². The van der Waals surface area contributed by atoms with Crippen LogP contribution in [0.15, 0.2) is 12.3 Å². The third-order valence-corrected chi connectivity index (χ3v) is 2.59. The van der Waals surface area contributed by atoms with Crippen LogP contribution in [-0.4, -0.2) is 21.4 Å². The Kier molecular flexibility index (Phi) is 6.81. The second-order valence-electron chi connectivity index (χ2n) is 3.96. The summed E-state index contributed by atoms with van der Waals surface area (Å²) in [6.45, 7) is 3.78. The fraction of sp³-hybridized carbons (Fsp3) is 0.583. The third kappa shape index (κ3) is 5.64. The normalized spacial score (nSPS) is 9.78. The summed E-state index contributed by atoms with van der Waals surface area (Å²) in [5.41, 5.74) is 0. The fourth-order valence-electron chi connectivity index (χ4n) is 1.43. The van der Waals surface area contributed by atoms with Crippen LogP contribution < -0.4 is 10.6 Å². The number of rotatable bonds is 7. The van der Waals surface area contributed by atoms with E-state index in [1.807, 2.05) is 16.9 Å². The van der Waals surface area contributed by atoms with Crippen LogP contribution >= 0.6 is 12.2 Å². The summed E-state index contributed by atoms with van der Waals surface area (Å²) in [5.74, 6) is 0.754. The molecule has 0 aliphatic carbocycles. The molecule has 0 amide bonds. The number of hydrogen-bond donors (Lipinski definition) is 2. The highest BCUT2D eigenvalue weighted by molar-refractivity contribution is 7.80. The number of thiocarbonyl (C=S) groups is 1. The zero-order valence-electron chi connectivity index (χ0n) is 10.6. The van der Waals surface area contributed by atoms with Crippen LogP contribution in [-0.2, 0) is 6.54 Å². The lowest BCUT2D eigenvalue weighted by Gasteiger charge is -2.06. The van der Waals surface area contributed by atoms with Gasteiger partial charge in [0.05, 0.1) is 6.07 Å². The van der Waals surface area contributed by atoms with Gasteiger partial charge in [0.1, 0.15) is 0 Å². The lowest BCUT2D eigenvalue weighted by molar-refractivity contribution is 0.563. The van der Waals surface area contributed by atoms with Crippen molar-refractivity contribution < 1.29 is 0 Å². The minimum Gasteiger partial charge on any atom is -0.362 e. The summed E-state index contributed by atoms with van der Waals surface area (Å²) in [6.07, 6.45) is 5.44. The molecule has 0 bridgehead atoms. The standard InChI is InChI=1S/C12H19N5S/c1-2-8-14-12(18)15-11-6-10-17(16-11)9-5-3-4-7-13/h6,10H,2-5,8-9H2,1H3,(H2,14,15,16,18). The van der Waals surface area contributed by atoms with Gasteiger partial charge >= 0.3 is 0 Å². The van der Waals surface area contributed by atoms with Gasteiger partial charge in [0.25, 0.3) is 0 Å². The molecule has 0 atom stereocenters. The first-order valence-corrected chi connectivity index (χ1v) is 6.62. The number of nitrogens with zero attached hydrogens (tertiary/aromatic N) is 3. The van der Waals surface area contributed by atoms with E-state index in [1.165, 1.54) is 0 Å². The molecule has 0 aliphatic heterocycles. The zero-order chi connectivity index (χ0) is 13.2. The van der Waals surface area contributed by atoms with E-state index in [0.29, 0.717) is 11.5 Å². The Labute approximate surface area is 113 Å². The Bertz CT molecular complexity index is 407. The van der Waals surface area contributed by atoms with Gasteiger partial charge < -0.3 is 10.6 Å². The van der Waals surface area contributed by atoms with Crippen molar-refractivity contribution in [1.29, 1.82) is 5.26 Å². The molecule has 2 N–H and O–H groups in total. The van der Waals surface area contributed by atoms with Crippen LogP contribution in [0.5, 0.6) is 0 Å². The molecule has 0 unspecified atom stereocenters. The molecule has 18 heavy (non-hydrogen) atoms. The fourth-order valence-corrected chi connectivity index (χ4v) is 1.64. The first-order valence-electron chi connectivity index (χ1n) is 6.21. The van der Waals surface area contributed by atoms with E-state index in [9.17, 15) is 0 Å². The SMILES string of the molecule is CCCNC(=S)Nc1ccn(CCCCC#N)n1. The third-order valence-electron chi connectivity index (χ3n) is 2.34. The van der Waals surface area contributed by atoms with Gasteiger partial charge in [-0.05, 0) is 31.5 Å². The Morgan fingerprint density at radius 2 is 2.39 bits per heavy atom. The Morgan fingerprint density at radius 3 is 3.11 bits per heavy atom. The average Bonchev–Trinajstić information content (AvgIpc) is 2.80. The molecular formula is C12H19N5S. The van der Waals surface area contributed by atoms with Crippen molar-refractivity contribution in [2.45, 2.75) is 39.2 Å². The predicted octanol–water partition coefficient (Wildman–Crippen LogP) is 2.27. The van der Waals surface area contributed by atoms with Gasteiger partial charge in [0.2, 0.25) is 0 Å². The van der Waals surface area contributed by atoms with Gasteiger partial charge in [-0.1, -0.05) is 6.92 Å². The molecule has 0 saturated heterocycles. The minimum absolute atomic E-state index is 0.603. The second kappa shape index (κ2) is 8.48. The van der Waals surface area contributed by atoms with E-state index in [2.05, 4.69) is 28.7 Å². The molecule has 1 heterocycles. The summed E-state index contributed by atoms with van der Waals surface area (Å²) in [7, 11) is 0. The number of anilines is 1. The van der Waals surface area contributed by atoms with Gasteiger partial charge in [-0.3, -0.25) is 4.68 Å². The number of nitriles is 1. The van der Waals surface area contributed by atoms with Crippen molar-refractivity contribution in [3.05, 3.63) is 12.3 Å². The quantitative estimate of drug-likeness (QED) is 0.585. The van der Waals surface area contributed by atoms with Crippen LogP contribution in [0.1, 0.15) is 32.6 Å². The molecule has 0 saturated carbocycles. The number of aryl methyl sites for hydroxylation is 1. The van der Waals surface area contributed by atoms with E-state index in [0.717, 1.165) is 38.2 Å². The van der Waals surface area contributed by atoms with Crippen LogP contribution in [0.2, 0.25) is 0 Å². The molecule has 0 aromatic carbocycles. The number of nitrogens with one attached hydrogen (secondary N) is 2. The van der Waals surface area contributed by atoms with E-state index >= 15 is 0 Å². The summed E-state index contributed by atoms with van der Waals surface area (Å²) in [6, 6.07) is 4.03. The van der Waals surface area contributed by atoms with Gasteiger partial charge in [-0.15, -0.1) is 0 Å². The van der Waals surface area contributed by atoms with E-state index in [1.54, 1.807) is 0 Å². The predicted molar refractivity (Wildman–Crippen MR) is 76.2 cm³/mol. The molecule has 0 fully saturated rings. The van der Waals surface area contributed by atoms with Crippen molar-refractivity contribution >= 4 is 23.1 Å². The first-order chi connectivity index (χ1) is 8.76. The lowest BCUT2D eigenvalue weighted by Crippen LogP contribution is -2.29. The Balaban J connectivity index is 2.29. The molecule has 0 spiro atoms. The first kappa shape index (κ1) is 14.5. The van der Waals surface area contributed by atoms with Gasteiger partial charge in [0, 0.05) is 31.8 Å². The second-order valence-corrected chi connectivity index (χ2v) is 4.37. The van der Waals surface area contributed by atoms with Crippen LogP contribution in [0, 0.1) is 11.3 Å². The van der Waals surface area contributed by atoms with E-state index in [-0.39, 0.29) is 0 Å². The number of aromatic nitrogens is 2. The molecular weight excluding hydrogens is 246 g/mol. The smallest absolute Gasteiger partial charge is 0.171 e. The molecule has 1 aromatic heterocycles. The molecule has 6 heteroatoms. The highest BCUT2D eigenvalue weighted by Crippen LogP contribution is 2.04. The largest absolute Gasteiger partial charge is 0.362 e. The molecule has 5 nitrogen and oxygen atoms in total. The maximum Gasteiger partial charge on any atom is 0.171 e. The average molecular weight is 265 g/mol. The highest BCUT2D eigenvalue weighted by atomic mass is 32.1. The summed E-state index contributed by atoms with van der Waals surface area (Å²) >= 11 is 5.13. The van der Waals surface area contributed by atoms with Crippen molar-refractivity contribution in [1.82, 2.24) is 15.1 Å². The Hall–Kier alpha value is -1.61. The summed E-state index contributed by atoms with van der Waals surface area (Å²) < 4.78 is 1.86. The maximum atomic E-state index is 8.43. The number of hydrogen-bond acceptors (Lipinski definition) is 3. The maximum absolute atomic E-state index is 8.43. The topological polar surface area (TPSA) is 65.7 Å². The van der Waals surface area contributed by atoms with Crippen molar-refractivity contribution in [2.24, 2.45) is 0 Å². The lowest BCUT2D eigenvalue weighted by atomic mass is 10.2. The number of unbranched alkanes of at least 4 members (excludes halogenated alkanes) is 2. The van der Waals surface area contributed by atoms with E-state index < -0.39 is 0 Å². The zero-order valence-corrected chi connectivity index (χ0v) is 11.5. The molecule has 1 rings (SSSR count). The van der Waals surface area contributed by atoms with E-state index in [4.69, 9.17) is 17.5 Å². The molecule has 1 aromatic rings. The minimum atomic E-state index is 0.603. The highest BCUT2D eigenvalue weighted by Gasteiger charge is 2.00. The Morgan fingerprint density at radius 1 is 1.56 bits per heavy atom. The monoisotopic (exact) mass is 265 g/mol. The van der Waals surface area contributed by atoms with Gasteiger partial charge in [-0.25, -0.2) is 0 Å². The van der Waals surface area contributed by atoms with Gasteiger partial charge in [-0.2, -0.15) is 10.4 Å². The van der Waals surface area contributed by atoms with Crippen LogP contribution in [0.3, 0.4) is 0 Å². The van der Waals surface area contributed by atoms with Crippen LogP contribution in [0.4, 0.5) is 5.82 Å².